The molecule has 6 heteroatoms. The smallest absolute Gasteiger partial charge is 0.305 e. The Morgan fingerprint density at radius 3 is 2.54 bits per heavy atom. The van der Waals surface area contributed by atoms with Gasteiger partial charge in [-0.1, -0.05) is 30.3 Å². The van der Waals surface area contributed by atoms with Crippen LogP contribution < -0.4 is 10.6 Å². The van der Waals surface area contributed by atoms with Crippen LogP contribution >= 0.6 is 0 Å². The number of guanidine groups is 1. The van der Waals surface area contributed by atoms with Gasteiger partial charge in [0, 0.05) is 39.1 Å². The van der Waals surface area contributed by atoms with E-state index in [0.717, 1.165) is 44.9 Å². The maximum Gasteiger partial charge on any atom is 0.305 e. The monoisotopic (exact) mass is 362 g/mol. The number of nitrogens with zero attached hydrogens (tertiary/aromatic N) is 2. The molecule has 0 aromatic heterocycles. The van der Waals surface area contributed by atoms with Crippen LogP contribution in [0.15, 0.2) is 35.3 Å². The van der Waals surface area contributed by atoms with Gasteiger partial charge in [-0.15, -0.1) is 0 Å². The summed E-state index contributed by atoms with van der Waals surface area (Å²) in [6, 6.07) is 11.0. The Labute approximate surface area is 158 Å². The predicted octanol–water partition coefficient (Wildman–Crippen LogP) is 2.41. The molecular formula is C20H34N4O2. The van der Waals surface area contributed by atoms with Crippen molar-refractivity contribution in [1.29, 1.82) is 0 Å². The van der Waals surface area contributed by atoms with Crippen LogP contribution in [0.4, 0.5) is 0 Å². The van der Waals surface area contributed by atoms with Crippen molar-refractivity contribution < 1.29 is 9.53 Å². The van der Waals surface area contributed by atoms with Crippen molar-refractivity contribution in [1.82, 2.24) is 15.5 Å². The molecule has 0 saturated carbocycles. The molecule has 1 rings (SSSR count). The number of ether oxygens (including phenoxy) is 1. The van der Waals surface area contributed by atoms with E-state index < -0.39 is 0 Å². The summed E-state index contributed by atoms with van der Waals surface area (Å²) >= 11 is 0. The molecule has 6 nitrogen and oxygen atoms in total. The van der Waals surface area contributed by atoms with Crippen LogP contribution in [0.25, 0.3) is 0 Å². The Bertz CT molecular complexity index is 534. The molecule has 0 bridgehead atoms. The van der Waals surface area contributed by atoms with E-state index >= 15 is 0 Å². The number of hydrogen-bond donors (Lipinski definition) is 2. The third-order valence-electron chi connectivity index (χ3n) is 4.43. The fraction of sp³-hybridized carbons (Fsp3) is 0.600. The number of carbonyl (C=O) groups is 1. The van der Waals surface area contributed by atoms with E-state index in [1.165, 1.54) is 12.7 Å². The molecule has 0 radical (unpaired) electrons. The second-order valence-electron chi connectivity index (χ2n) is 6.50. The van der Waals surface area contributed by atoms with Gasteiger partial charge >= 0.3 is 5.97 Å². The fourth-order valence-electron chi connectivity index (χ4n) is 2.57. The summed E-state index contributed by atoms with van der Waals surface area (Å²) in [7, 11) is 5.35. The third-order valence-corrected chi connectivity index (χ3v) is 4.43. The molecule has 0 aliphatic carbocycles. The Morgan fingerprint density at radius 1 is 1.19 bits per heavy atom. The van der Waals surface area contributed by atoms with Crippen LogP contribution in [-0.4, -0.2) is 57.2 Å². The SMILES string of the molecule is CN=C(NCCCCC(=O)OC)NCCC(C)N(C)Cc1ccccc1. The van der Waals surface area contributed by atoms with Gasteiger partial charge in [-0.25, -0.2) is 0 Å². The van der Waals surface area contributed by atoms with Crippen LogP contribution in [0, 0.1) is 0 Å². The molecule has 0 amide bonds. The lowest BCUT2D eigenvalue weighted by Gasteiger charge is -2.25. The molecule has 0 saturated heterocycles. The summed E-state index contributed by atoms with van der Waals surface area (Å²) < 4.78 is 4.63. The number of methoxy groups -OCH3 is 1. The first-order valence-electron chi connectivity index (χ1n) is 9.32. The maximum atomic E-state index is 11.1. The van der Waals surface area contributed by atoms with Crippen LogP contribution in [0.1, 0.15) is 38.2 Å². The first kappa shape index (κ1) is 22.0. The molecule has 1 atom stereocenters. The number of hydrogen-bond acceptors (Lipinski definition) is 4. The van der Waals surface area contributed by atoms with E-state index in [2.05, 4.69) is 63.5 Å². The van der Waals surface area contributed by atoms with Gasteiger partial charge in [0.15, 0.2) is 5.96 Å². The molecule has 0 fully saturated rings. The van der Waals surface area contributed by atoms with Gasteiger partial charge in [0.05, 0.1) is 7.11 Å². The second-order valence-corrected chi connectivity index (χ2v) is 6.50. The lowest BCUT2D eigenvalue weighted by atomic mass is 10.1. The quantitative estimate of drug-likeness (QED) is 0.274. The van der Waals surface area contributed by atoms with E-state index in [1.54, 1.807) is 7.05 Å². The maximum absolute atomic E-state index is 11.1. The van der Waals surface area contributed by atoms with Crippen LogP contribution in [0.5, 0.6) is 0 Å². The normalized spacial score (nSPS) is 12.7. The molecule has 0 heterocycles. The molecule has 146 valence electrons. The number of benzene rings is 1. The Balaban J connectivity index is 2.17. The molecule has 0 aliphatic heterocycles. The number of carbonyl (C=O) groups excluding carboxylic acids is 1. The molecule has 0 spiro atoms. The number of rotatable bonds is 11. The molecular weight excluding hydrogens is 328 g/mol. The highest BCUT2D eigenvalue weighted by Crippen LogP contribution is 2.07. The van der Waals surface area contributed by atoms with Crippen LogP contribution in [-0.2, 0) is 16.1 Å². The van der Waals surface area contributed by atoms with Crippen molar-refractivity contribution in [2.45, 2.75) is 45.2 Å². The highest BCUT2D eigenvalue weighted by atomic mass is 16.5. The summed E-state index contributed by atoms with van der Waals surface area (Å²) in [4.78, 5) is 17.7. The Hall–Kier alpha value is -2.08. The van der Waals surface area contributed by atoms with Crippen molar-refractivity contribution in [2.75, 3.05) is 34.3 Å². The lowest BCUT2D eigenvalue weighted by molar-refractivity contribution is -0.140. The third kappa shape index (κ3) is 9.42. The zero-order valence-electron chi connectivity index (χ0n) is 16.6. The summed E-state index contributed by atoms with van der Waals surface area (Å²) in [6.45, 7) is 4.85. The first-order valence-corrected chi connectivity index (χ1v) is 9.32. The number of nitrogens with one attached hydrogen (secondary N) is 2. The summed E-state index contributed by atoms with van der Waals surface area (Å²) in [5.74, 6) is 0.655. The number of aliphatic imine (C=N–C) groups is 1. The van der Waals surface area contributed by atoms with Crippen LogP contribution in [0.2, 0.25) is 0 Å². The number of unbranched alkanes of at least 4 members (excludes halogenated alkanes) is 1. The van der Waals surface area contributed by atoms with E-state index in [0.29, 0.717) is 12.5 Å². The molecule has 1 aromatic carbocycles. The second kappa shape index (κ2) is 13.2. The first-order chi connectivity index (χ1) is 12.6. The fourth-order valence-corrected chi connectivity index (χ4v) is 2.57. The highest BCUT2D eigenvalue weighted by molar-refractivity contribution is 5.79. The zero-order valence-corrected chi connectivity index (χ0v) is 16.6. The molecule has 0 aliphatic rings. The van der Waals surface area contributed by atoms with Gasteiger partial charge in [0.2, 0.25) is 0 Å². The van der Waals surface area contributed by atoms with Crippen molar-refractivity contribution in [3.63, 3.8) is 0 Å². The largest absolute Gasteiger partial charge is 0.469 e. The molecule has 26 heavy (non-hydrogen) atoms. The van der Waals surface area contributed by atoms with E-state index in [-0.39, 0.29) is 5.97 Å². The Kier molecular flexibility index (Phi) is 11.1. The van der Waals surface area contributed by atoms with Gasteiger partial charge in [-0.2, -0.15) is 0 Å². The van der Waals surface area contributed by atoms with Crippen molar-refractivity contribution >= 4 is 11.9 Å². The molecule has 1 aromatic rings. The molecule has 1 unspecified atom stereocenters. The molecule has 2 N–H and O–H groups in total. The predicted molar refractivity (Wildman–Crippen MR) is 107 cm³/mol. The standard InChI is InChI=1S/C20H34N4O2/c1-17(24(3)16-18-10-6-5-7-11-18)13-15-23-20(21-2)22-14-9-8-12-19(25)26-4/h5-7,10-11,17H,8-9,12-16H2,1-4H3,(H2,21,22,23). The summed E-state index contributed by atoms with van der Waals surface area (Å²) in [6.07, 6.45) is 3.23. The lowest BCUT2D eigenvalue weighted by Crippen LogP contribution is -2.40. The van der Waals surface area contributed by atoms with Gasteiger partial charge in [-0.05, 0) is 38.8 Å². The van der Waals surface area contributed by atoms with Gasteiger partial charge in [0.1, 0.15) is 0 Å². The minimum atomic E-state index is -0.152. The minimum Gasteiger partial charge on any atom is -0.469 e. The Morgan fingerprint density at radius 2 is 1.88 bits per heavy atom. The van der Waals surface area contributed by atoms with Gasteiger partial charge in [0.25, 0.3) is 0 Å². The van der Waals surface area contributed by atoms with E-state index in [9.17, 15) is 4.79 Å². The van der Waals surface area contributed by atoms with Gasteiger partial charge in [-0.3, -0.25) is 14.7 Å². The van der Waals surface area contributed by atoms with E-state index in [1.807, 2.05) is 6.07 Å². The summed E-state index contributed by atoms with van der Waals surface area (Å²) in [5.41, 5.74) is 1.33. The average molecular weight is 363 g/mol. The highest BCUT2D eigenvalue weighted by Gasteiger charge is 2.09. The zero-order chi connectivity index (χ0) is 19.2. The van der Waals surface area contributed by atoms with Crippen molar-refractivity contribution in [3.8, 4) is 0 Å². The van der Waals surface area contributed by atoms with Gasteiger partial charge < -0.3 is 15.4 Å². The number of esters is 1. The van der Waals surface area contributed by atoms with E-state index in [4.69, 9.17) is 0 Å². The average Bonchev–Trinajstić information content (AvgIpc) is 2.66. The topological polar surface area (TPSA) is 66.0 Å². The van der Waals surface area contributed by atoms with Crippen molar-refractivity contribution in [2.24, 2.45) is 4.99 Å². The van der Waals surface area contributed by atoms with Crippen LogP contribution in [0.3, 0.4) is 0 Å². The summed E-state index contributed by atoms with van der Waals surface area (Å²) in [5, 5.41) is 6.63. The minimum absolute atomic E-state index is 0.152. The van der Waals surface area contributed by atoms with Crippen molar-refractivity contribution in [3.05, 3.63) is 35.9 Å².